The van der Waals surface area contributed by atoms with Crippen LogP contribution in [0.3, 0.4) is 0 Å². The number of ether oxygens (including phenoxy) is 2. The SMILES string of the molecule is O=C(Oc1ccc2c(OC(=O)C3CC3)cccc2c1)C1CC1. The highest BCUT2D eigenvalue weighted by Gasteiger charge is 2.32. The molecular formula is C18H16O4. The van der Waals surface area contributed by atoms with Gasteiger partial charge in [-0.05, 0) is 55.3 Å². The number of fused-ring (bicyclic) bond motifs is 1. The van der Waals surface area contributed by atoms with Gasteiger partial charge in [0.2, 0.25) is 0 Å². The van der Waals surface area contributed by atoms with E-state index in [1.54, 1.807) is 12.1 Å². The molecule has 0 spiro atoms. The maximum atomic E-state index is 11.8. The van der Waals surface area contributed by atoms with Crippen LogP contribution in [-0.2, 0) is 9.59 Å². The lowest BCUT2D eigenvalue weighted by molar-refractivity contribution is -0.136. The average molecular weight is 296 g/mol. The molecule has 4 rings (SSSR count). The highest BCUT2D eigenvalue weighted by molar-refractivity contribution is 5.92. The Morgan fingerprint density at radius 2 is 1.55 bits per heavy atom. The van der Waals surface area contributed by atoms with Crippen molar-refractivity contribution in [3.8, 4) is 11.5 Å². The van der Waals surface area contributed by atoms with Crippen LogP contribution in [0.4, 0.5) is 0 Å². The summed E-state index contributed by atoms with van der Waals surface area (Å²) in [6.45, 7) is 0. The molecule has 0 amide bonds. The smallest absolute Gasteiger partial charge is 0.314 e. The summed E-state index contributed by atoms with van der Waals surface area (Å²) in [5.41, 5.74) is 0. The molecule has 22 heavy (non-hydrogen) atoms. The number of esters is 2. The zero-order valence-electron chi connectivity index (χ0n) is 12.1. The van der Waals surface area contributed by atoms with Crippen LogP contribution in [0.2, 0.25) is 0 Å². The predicted molar refractivity (Wildman–Crippen MR) is 80.7 cm³/mol. The van der Waals surface area contributed by atoms with Crippen molar-refractivity contribution >= 4 is 22.7 Å². The Morgan fingerprint density at radius 3 is 2.23 bits per heavy atom. The van der Waals surface area contributed by atoms with Crippen molar-refractivity contribution in [1.82, 2.24) is 0 Å². The van der Waals surface area contributed by atoms with Gasteiger partial charge in [0.05, 0.1) is 11.8 Å². The van der Waals surface area contributed by atoms with E-state index in [9.17, 15) is 9.59 Å². The van der Waals surface area contributed by atoms with Gasteiger partial charge in [0.15, 0.2) is 0 Å². The largest absolute Gasteiger partial charge is 0.426 e. The van der Waals surface area contributed by atoms with Crippen molar-refractivity contribution in [2.24, 2.45) is 11.8 Å². The van der Waals surface area contributed by atoms with Crippen molar-refractivity contribution in [2.75, 3.05) is 0 Å². The summed E-state index contributed by atoms with van der Waals surface area (Å²) < 4.78 is 10.8. The van der Waals surface area contributed by atoms with Crippen LogP contribution in [-0.4, -0.2) is 11.9 Å². The minimum Gasteiger partial charge on any atom is -0.426 e. The second-order valence-corrected chi connectivity index (χ2v) is 6.03. The number of hydrogen-bond donors (Lipinski definition) is 0. The van der Waals surface area contributed by atoms with Crippen LogP contribution < -0.4 is 9.47 Å². The monoisotopic (exact) mass is 296 g/mol. The molecule has 2 aliphatic carbocycles. The van der Waals surface area contributed by atoms with Gasteiger partial charge < -0.3 is 9.47 Å². The molecule has 112 valence electrons. The Hall–Kier alpha value is -2.36. The number of carbonyl (C=O) groups is 2. The van der Waals surface area contributed by atoms with Gasteiger partial charge in [0, 0.05) is 5.39 Å². The highest BCUT2D eigenvalue weighted by atomic mass is 16.5. The maximum absolute atomic E-state index is 11.8. The van der Waals surface area contributed by atoms with E-state index in [1.165, 1.54) is 0 Å². The summed E-state index contributed by atoms with van der Waals surface area (Å²) in [5, 5.41) is 1.74. The lowest BCUT2D eigenvalue weighted by Crippen LogP contribution is -2.10. The third-order valence-electron chi connectivity index (χ3n) is 4.06. The van der Waals surface area contributed by atoms with Gasteiger partial charge in [0.1, 0.15) is 11.5 Å². The Kier molecular flexibility index (Phi) is 3.10. The summed E-state index contributed by atoms with van der Waals surface area (Å²) in [6.07, 6.45) is 3.69. The molecule has 0 atom stereocenters. The molecule has 4 heteroatoms. The average Bonchev–Trinajstić information content (AvgIpc) is 3.40. The van der Waals surface area contributed by atoms with Gasteiger partial charge in [-0.2, -0.15) is 0 Å². The molecule has 0 bridgehead atoms. The lowest BCUT2D eigenvalue weighted by Gasteiger charge is -2.09. The van der Waals surface area contributed by atoms with Gasteiger partial charge >= 0.3 is 11.9 Å². The zero-order valence-corrected chi connectivity index (χ0v) is 12.1. The molecule has 0 unspecified atom stereocenters. The van der Waals surface area contributed by atoms with Crippen molar-refractivity contribution < 1.29 is 19.1 Å². The standard InChI is InChI=1S/C18H16O4/c19-17(11-4-5-11)21-14-8-9-15-13(10-14)2-1-3-16(15)22-18(20)12-6-7-12/h1-3,8-12H,4-7H2. The molecule has 0 aliphatic heterocycles. The van der Waals surface area contributed by atoms with E-state index in [2.05, 4.69) is 0 Å². The summed E-state index contributed by atoms with van der Waals surface area (Å²) in [5.74, 6) is 0.924. The second-order valence-electron chi connectivity index (χ2n) is 6.03. The first-order valence-electron chi connectivity index (χ1n) is 7.67. The van der Waals surface area contributed by atoms with Gasteiger partial charge in [0.25, 0.3) is 0 Å². The Balaban J connectivity index is 1.59. The third kappa shape index (κ3) is 2.69. The van der Waals surface area contributed by atoms with E-state index in [0.29, 0.717) is 11.5 Å². The number of rotatable bonds is 4. The van der Waals surface area contributed by atoms with Gasteiger partial charge in [-0.15, -0.1) is 0 Å². The van der Waals surface area contributed by atoms with E-state index >= 15 is 0 Å². The first-order chi connectivity index (χ1) is 10.7. The normalized spacial score (nSPS) is 17.3. The van der Waals surface area contributed by atoms with Crippen LogP contribution in [0, 0.1) is 11.8 Å². The van der Waals surface area contributed by atoms with E-state index < -0.39 is 0 Å². The molecule has 2 aromatic carbocycles. The van der Waals surface area contributed by atoms with E-state index in [1.807, 2.05) is 24.3 Å². The maximum Gasteiger partial charge on any atom is 0.314 e. The summed E-state index contributed by atoms with van der Waals surface area (Å²) in [6, 6.07) is 10.9. The number of hydrogen-bond acceptors (Lipinski definition) is 4. The summed E-state index contributed by atoms with van der Waals surface area (Å²) in [7, 11) is 0. The molecule has 2 fully saturated rings. The molecule has 0 aromatic heterocycles. The van der Waals surface area contributed by atoms with Gasteiger partial charge in [-0.1, -0.05) is 12.1 Å². The van der Waals surface area contributed by atoms with Crippen LogP contribution in [0.1, 0.15) is 25.7 Å². The molecule has 2 saturated carbocycles. The molecule has 0 N–H and O–H groups in total. The molecule has 0 saturated heterocycles. The van der Waals surface area contributed by atoms with E-state index in [4.69, 9.17) is 9.47 Å². The fraction of sp³-hybridized carbons (Fsp3) is 0.333. The first-order valence-corrected chi connectivity index (χ1v) is 7.67. The Morgan fingerprint density at radius 1 is 0.864 bits per heavy atom. The van der Waals surface area contributed by atoms with Crippen molar-refractivity contribution in [1.29, 1.82) is 0 Å². The molecule has 2 aliphatic rings. The van der Waals surface area contributed by atoms with E-state index in [-0.39, 0.29) is 23.8 Å². The lowest BCUT2D eigenvalue weighted by atomic mass is 10.1. The van der Waals surface area contributed by atoms with E-state index in [0.717, 1.165) is 36.5 Å². The second kappa shape index (κ2) is 5.13. The van der Waals surface area contributed by atoms with Crippen molar-refractivity contribution in [3.63, 3.8) is 0 Å². The minimum atomic E-state index is -0.157. The fourth-order valence-corrected chi connectivity index (χ4v) is 2.41. The zero-order chi connectivity index (χ0) is 15.1. The molecule has 0 radical (unpaired) electrons. The van der Waals surface area contributed by atoms with Crippen LogP contribution >= 0.6 is 0 Å². The first kappa shape index (κ1) is 13.3. The predicted octanol–water partition coefficient (Wildman–Crippen LogP) is 3.47. The third-order valence-corrected chi connectivity index (χ3v) is 4.06. The fourth-order valence-electron chi connectivity index (χ4n) is 2.41. The molecule has 2 aromatic rings. The van der Waals surface area contributed by atoms with Crippen LogP contribution in [0.15, 0.2) is 36.4 Å². The molecular weight excluding hydrogens is 280 g/mol. The highest BCUT2D eigenvalue weighted by Crippen LogP contribution is 2.35. The van der Waals surface area contributed by atoms with Gasteiger partial charge in [-0.25, -0.2) is 0 Å². The van der Waals surface area contributed by atoms with Crippen molar-refractivity contribution in [3.05, 3.63) is 36.4 Å². The summed E-state index contributed by atoms with van der Waals surface area (Å²) in [4.78, 5) is 23.5. The molecule has 0 heterocycles. The number of carbonyl (C=O) groups excluding carboxylic acids is 2. The van der Waals surface area contributed by atoms with Gasteiger partial charge in [-0.3, -0.25) is 9.59 Å². The van der Waals surface area contributed by atoms with Crippen LogP contribution in [0.5, 0.6) is 11.5 Å². The number of benzene rings is 2. The summed E-state index contributed by atoms with van der Waals surface area (Å²) >= 11 is 0. The molecule has 4 nitrogen and oxygen atoms in total. The Labute approximate surface area is 128 Å². The van der Waals surface area contributed by atoms with Crippen LogP contribution in [0.25, 0.3) is 10.8 Å². The minimum absolute atomic E-state index is 0.0639. The van der Waals surface area contributed by atoms with Crippen molar-refractivity contribution in [2.45, 2.75) is 25.7 Å². The quantitative estimate of drug-likeness (QED) is 0.640. The topological polar surface area (TPSA) is 52.6 Å². The Bertz CT molecular complexity index is 757.